The normalized spacial score (nSPS) is 12.8. The number of hydrogen-bond donors (Lipinski definition) is 1. The van der Waals surface area contributed by atoms with Gasteiger partial charge in [0.2, 0.25) is 0 Å². The molecule has 0 aliphatic heterocycles. The Balaban J connectivity index is 1.65. The molecule has 2 heterocycles. The van der Waals surface area contributed by atoms with Crippen LogP contribution >= 0.6 is 23.1 Å². The van der Waals surface area contributed by atoms with E-state index >= 15 is 0 Å². The van der Waals surface area contributed by atoms with Crippen LogP contribution in [0.1, 0.15) is 27.2 Å². The molecule has 0 saturated heterocycles. The number of esters is 1. The van der Waals surface area contributed by atoms with Gasteiger partial charge in [-0.05, 0) is 37.0 Å². The molecule has 2 aromatic heterocycles. The average Bonchev–Trinajstić information content (AvgIpc) is 3.27. The molecule has 3 aromatic rings. The molecule has 0 saturated carbocycles. The maximum atomic E-state index is 12.4. The molecular formula is C19H17N3O3S2. The fourth-order valence-corrected chi connectivity index (χ4v) is 5.42. The van der Waals surface area contributed by atoms with Crippen LogP contribution in [0.25, 0.3) is 10.2 Å². The van der Waals surface area contributed by atoms with Gasteiger partial charge in [0.05, 0.1) is 5.56 Å². The van der Waals surface area contributed by atoms with Crippen LogP contribution in [0.3, 0.4) is 0 Å². The molecular weight excluding hydrogens is 382 g/mol. The number of aryl methyl sites for hydroxylation is 2. The number of fused-ring (bicyclic) bond motifs is 3. The SMILES string of the molecule is CNC(=O)COC(=O)c1ccccc1Sc1ncnc2sc3c(c12)CCC3. The van der Waals surface area contributed by atoms with Crippen molar-refractivity contribution in [2.24, 2.45) is 0 Å². The van der Waals surface area contributed by atoms with Crippen molar-refractivity contribution in [1.82, 2.24) is 15.3 Å². The van der Waals surface area contributed by atoms with Crippen LogP contribution < -0.4 is 5.32 Å². The fraction of sp³-hybridized carbons (Fsp3) is 0.263. The largest absolute Gasteiger partial charge is 0.452 e. The summed E-state index contributed by atoms with van der Waals surface area (Å²) in [4.78, 5) is 35.8. The molecule has 0 spiro atoms. The van der Waals surface area contributed by atoms with Gasteiger partial charge in [-0.15, -0.1) is 11.3 Å². The highest BCUT2D eigenvalue weighted by Gasteiger charge is 2.23. The van der Waals surface area contributed by atoms with Crippen LogP contribution in [0.2, 0.25) is 0 Å². The topological polar surface area (TPSA) is 81.2 Å². The van der Waals surface area contributed by atoms with Crippen molar-refractivity contribution in [1.29, 1.82) is 0 Å². The molecule has 8 heteroatoms. The summed E-state index contributed by atoms with van der Waals surface area (Å²) < 4.78 is 5.11. The van der Waals surface area contributed by atoms with E-state index in [0.717, 1.165) is 33.0 Å². The van der Waals surface area contributed by atoms with E-state index in [9.17, 15) is 9.59 Å². The summed E-state index contributed by atoms with van der Waals surface area (Å²) in [5, 5.41) is 4.39. The van der Waals surface area contributed by atoms with Crippen LogP contribution in [0.5, 0.6) is 0 Å². The number of nitrogens with zero attached hydrogens (tertiary/aromatic N) is 2. The van der Waals surface area contributed by atoms with Gasteiger partial charge >= 0.3 is 5.97 Å². The van der Waals surface area contributed by atoms with E-state index in [1.54, 1.807) is 29.8 Å². The first-order valence-electron chi connectivity index (χ1n) is 8.57. The van der Waals surface area contributed by atoms with E-state index in [1.807, 2.05) is 12.1 Å². The maximum Gasteiger partial charge on any atom is 0.339 e. The number of carbonyl (C=O) groups is 2. The summed E-state index contributed by atoms with van der Waals surface area (Å²) in [5.41, 5.74) is 1.77. The zero-order valence-electron chi connectivity index (χ0n) is 14.7. The molecule has 0 bridgehead atoms. The van der Waals surface area contributed by atoms with Gasteiger partial charge in [-0.1, -0.05) is 23.9 Å². The Labute approximate surface area is 164 Å². The van der Waals surface area contributed by atoms with Crippen molar-refractivity contribution in [3.8, 4) is 0 Å². The number of hydrogen-bond acceptors (Lipinski definition) is 7. The van der Waals surface area contributed by atoms with Crippen LogP contribution in [0, 0.1) is 0 Å². The number of amides is 1. The van der Waals surface area contributed by atoms with Crippen LogP contribution in [-0.4, -0.2) is 35.5 Å². The van der Waals surface area contributed by atoms with Gasteiger partial charge < -0.3 is 10.1 Å². The quantitative estimate of drug-likeness (QED) is 0.524. The number of ether oxygens (including phenoxy) is 1. The third kappa shape index (κ3) is 3.54. The number of carbonyl (C=O) groups excluding carboxylic acids is 2. The summed E-state index contributed by atoms with van der Waals surface area (Å²) in [6.07, 6.45) is 4.89. The fourth-order valence-electron chi connectivity index (χ4n) is 3.09. The minimum atomic E-state index is -0.525. The van der Waals surface area contributed by atoms with E-state index in [4.69, 9.17) is 4.74 Å². The molecule has 0 fully saturated rings. The summed E-state index contributed by atoms with van der Waals surface area (Å²) in [6, 6.07) is 7.21. The lowest BCUT2D eigenvalue weighted by Gasteiger charge is -2.09. The van der Waals surface area contributed by atoms with Crippen molar-refractivity contribution in [2.75, 3.05) is 13.7 Å². The Hall–Kier alpha value is -2.45. The van der Waals surface area contributed by atoms with Crippen molar-refractivity contribution in [2.45, 2.75) is 29.2 Å². The molecule has 1 amide bonds. The van der Waals surface area contributed by atoms with Gasteiger partial charge in [0.15, 0.2) is 6.61 Å². The number of aromatic nitrogens is 2. The molecule has 27 heavy (non-hydrogen) atoms. The van der Waals surface area contributed by atoms with Gasteiger partial charge in [0, 0.05) is 22.2 Å². The lowest BCUT2D eigenvalue weighted by atomic mass is 10.2. The predicted molar refractivity (Wildman–Crippen MR) is 104 cm³/mol. The van der Waals surface area contributed by atoms with Crippen molar-refractivity contribution in [3.63, 3.8) is 0 Å². The van der Waals surface area contributed by atoms with Crippen molar-refractivity contribution >= 4 is 45.2 Å². The summed E-state index contributed by atoms with van der Waals surface area (Å²) in [7, 11) is 1.50. The molecule has 1 aliphatic rings. The number of thiophene rings is 1. The van der Waals surface area contributed by atoms with Gasteiger partial charge in [0.25, 0.3) is 5.91 Å². The van der Waals surface area contributed by atoms with Gasteiger partial charge in [-0.3, -0.25) is 4.79 Å². The highest BCUT2D eigenvalue weighted by Crippen LogP contribution is 2.42. The Bertz CT molecular complexity index is 1030. The van der Waals surface area contributed by atoms with E-state index in [0.29, 0.717) is 5.56 Å². The summed E-state index contributed by atoms with van der Waals surface area (Å²) in [5.74, 6) is -0.873. The van der Waals surface area contributed by atoms with Crippen LogP contribution in [0.15, 0.2) is 40.5 Å². The molecule has 4 rings (SSSR count). The first kappa shape index (κ1) is 17.9. The molecule has 1 N–H and O–H groups in total. The van der Waals surface area contributed by atoms with Crippen LogP contribution in [0.4, 0.5) is 0 Å². The zero-order chi connectivity index (χ0) is 18.8. The Morgan fingerprint density at radius 2 is 2.11 bits per heavy atom. The second kappa shape index (κ2) is 7.66. The standard InChI is InChI=1S/C19H17N3O3S2/c1-20-15(23)9-25-19(24)12-5-2-3-7-14(12)27-18-16-11-6-4-8-13(11)26-17(16)21-10-22-18/h2-3,5,7,10H,4,6,8-9H2,1H3,(H,20,23). The average molecular weight is 399 g/mol. The van der Waals surface area contributed by atoms with Crippen molar-refractivity contribution in [3.05, 3.63) is 46.6 Å². The molecule has 138 valence electrons. The molecule has 0 radical (unpaired) electrons. The first-order chi connectivity index (χ1) is 13.2. The van der Waals surface area contributed by atoms with E-state index in [2.05, 4.69) is 15.3 Å². The molecule has 1 aromatic carbocycles. The second-order valence-corrected chi connectivity index (χ2v) is 8.18. The van der Waals surface area contributed by atoms with E-state index in [-0.39, 0.29) is 12.5 Å². The number of nitrogens with one attached hydrogen (secondary N) is 1. The van der Waals surface area contributed by atoms with Crippen molar-refractivity contribution < 1.29 is 14.3 Å². The minimum absolute atomic E-state index is 0.301. The number of rotatable bonds is 5. The van der Waals surface area contributed by atoms with Gasteiger partial charge in [-0.2, -0.15) is 0 Å². The number of benzene rings is 1. The van der Waals surface area contributed by atoms with Gasteiger partial charge in [0.1, 0.15) is 16.2 Å². The second-order valence-electron chi connectivity index (χ2n) is 6.06. The highest BCUT2D eigenvalue weighted by molar-refractivity contribution is 7.99. The maximum absolute atomic E-state index is 12.4. The summed E-state index contributed by atoms with van der Waals surface area (Å²) in [6.45, 7) is -0.301. The Morgan fingerprint density at radius 1 is 1.26 bits per heavy atom. The third-order valence-corrected chi connectivity index (χ3v) is 6.67. The molecule has 6 nitrogen and oxygen atoms in total. The smallest absolute Gasteiger partial charge is 0.339 e. The number of likely N-dealkylation sites (N-methyl/N-ethyl adjacent to an activating group) is 1. The molecule has 0 atom stereocenters. The lowest BCUT2D eigenvalue weighted by molar-refractivity contribution is -0.123. The monoisotopic (exact) mass is 399 g/mol. The minimum Gasteiger partial charge on any atom is -0.452 e. The first-order valence-corrected chi connectivity index (χ1v) is 10.2. The zero-order valence-corrected chi connectivity index (χ0v) is 16.3. The lowest BCUT2D eigenvalue weighted by Crippen LogP contribution is -2.25. The van der Waals surface area contributed by atoms with E-state index < -0.39 is 5.97 Å². The third-order valence-electron chi connectivity index (χ3n) is 4.39. The Morgan fingerprint density at radius 3 is 2.96 bits per heavy atom. The van der Waals surface area contributed by atoms with E-state index in [1.165, 1.54) is 35.7 Å². The predicted octanol–water partition coefficient (Wildman–Crippen LogP) is 3.23. The highest BCUT2D eigenvalue weighted by atomic mass is 32.2. The molecule has 1 aliphatic carbocycles. The van der Waals surface area contributed by atoms with Crippen LogP contribution in [-0.2, 0) is 22.4 Å². The van der Waals surface area contributed by atoms with Gasteiger partial charge in [-0.25, -0.2) is 14.8 Å². The molecule has 0 unspecified atom stereocenters. The Kier molecular flexibility index (Phi) is 5.09. The summed E-state index contributed by atoms with van der Waals surface area (Å²) >= 11 is 3.17.